The number of rotatable bonds is 2. The van der Waals surface area contributed by atoms with E-state index in [9.17, 15) is 18.0 Å². The third kappa shape index (κ3) is 4.08. The van der Waals surface area contributed by atoms with E-state index < -0.39 is 17.6 Å². The minimum atomic E-state index is -4.22. The van der Waals surface area contributed by atoms with Crippen molar-refractivity contribution in [2.45, 2.75) is 58.2 Å². The topological polar surface area (TPSA) is 64.6 Å². The summed E-state index contributed by atoms with van der Waals surface area (Å²) in [6.07, 6.45) is -1.87. The molecule has 3 aliphatic heterocycles. The van der Waals surface area contributed by atoms with Gasteiger partial charge in [-0.2, -0.15) is 13.2 Å². The lowest BCUT2D eigenvalue weighted by Gasteiger charge is -2.52. The molecule has 3 aliphatic rings. The molecular weight excluding hydrogens is 465 g/mol. The molecule has 34 heavy (non-hydrogen) atoms. The van der Waals surface area contributed by atoms with Crippen LogP contribution in [-0.2, 0) is 0 Å². The molecule has 0 radical (unpaired) electrons. The van der Waals surface area contributed by atoms with Crippen LogP contribution in [0.5, 0.6) is 0 Å². The summed E-state index contributed by atoms with van der Waals surface area (Å²) in [4.78, 5) is 29.5. The van der Waals surface area contributed by atoms with Crippen LogP contribution in [0.2, 0.25) is 0 Å². The van der Waals surface area contributed by atoms with Gasteiger partial charge in [0.05, 0.1) is 22.8 Å². The number of hydrogen-bond acceptors (Lipinski definition) is 6. The molecule has 2 amide bonds. The quantitative estimate of drug-likeness (QED) is 0.610. The standard InChI is InChI=1S/C23H29F3N6OS/c1-14-15(2)34-20(27-14)29-21(33)32-19-17(31-11-5-9-22(32,3)13-31)7-8-18(28-19)30-10-4-6-16(12-30)23(24,25)26/h7-8,16H,4-6,9-13H2,1-3H3,(H,27,29,33)/t16?,22-/m0/s1. The first-order valence-electron chi connectivity index (χ1n) is 11.7. The molecule has 0 aromatic carbocycles. The largest absolute Gasteiger partial charge is 0.393 e. The highest BCUT2D eigenvalue weighted by molar-refractivity contribution is 7.15. The summed E-state index contributed by atoms with van der Waals surface area (Å²) < 4.78 is 40.2. The zero-order valence-corrected chi connectivity index (χ0v) is 20.4. The normalized spacial score (nSPS) is 24.8. The minimum Gasteiger partial charge on any atom is -0.366 e. The molecule has 2 saturated heterocycles. The van der Waals surface area contributed by atoms with Gasteiger partial charge in [-0.1, -0.05) is 0 Å². The molecule has 2 atom stereocenters. The van der Waals surface area contributed by atoms with Crippen LogP contribution in [0.1, 0.15) is 43.2 Å². The number of carbonyl (C=O) groups excluding carboxylic acids is 1. The number of pyridine rings is 1. The van der Waals surface area contributed by atoms with Crippen LogP contribution >= 0.6 is 11.3 Å². The number of aromatic nitrogens is 2. The third-order valence-corrected chi connectivity index (χ3v) is 8.25. The van der Waals surface area contributed by atoms with Gasteiger partial charge in [-0.3, -0.25) is 10.2 Å². The van der Waals surface area contributed by atoms with E-state index in [0.29, 0.717) is 36.3 Å². The van der Waals surface area contributed by atoms with Gasteiger partial charge in [-0.25, -0.2) is 14.8 Å². The maximum atomic E-state index is 13.6. The first-order chi connectivity index (χ1) is 16.0. The van der Waals surface area contributed by atoms with E-state index >= 15 is 0 Å². The number of thiazole rings is 1. The summed E-state index contributed by atoms with van der Waals surface area (Å²) in [6.45, 7) is 7.87. The Kier molecular flexibility index (Phi) is 5.65. The van der Waals surface area contributed by atoms with Gasteiger partial charge >= 0.3 is 12.2 Å². The lowest BCUT2D eigenvalue weighted by Crippen LogP contribution is -2.63. The molecular formula is C23H29F3N6OS. The molecule has 7 nitrogen and oxygen atoms in total. The number of halogens is 3. The Balaban J connectivity index is 1.50. The fourth-order valence-electron chi connectivity index (χ4n) is 5.35. The van der Waals surface area contributed by atoms with E-state index in [4.69, 9.17) is 4.98 Å². The Hall–Kier alpha value is -2.56. The number of amides is 2. The van der Waals surface area contributed by atoms with Gasteiger partial charge in [0.1, 0.15) is 5.82 Å². The van der Waals surface area contributed by atoms with E-state index in [1.807, 2.05) is 19.9 Å². The molecule has 2 bridgehead atoms. The summed E-state index contributed by atoms with van der Waals surface area (Å²) in [5, 5.41) is 3.47. The number of piperidine rings is 2. The van der Waals surface area contributed by atoms with Crippen molar-refractivity contribution >= 4 is 39.8 Å². The van der Waals surface area contributed by atoms with Crippen molar-refractivity contribution in [3.63, 3.8) is 0 Å². The van der Waals surface area contributed by atoms with Crippen LogP contribution < -0.4 is 20.0 Å². The van der Waals surface area contributed by atoms with Crippen molar-refractivity contribution in [3.8, 4) is 0 Å². The highest BCUT2D eigenvalue weighted by Gasteiger charge is 2.47. The first kappa shape index (κ1) is 23.2. The van der Waals surface area contributed by atoms with Gasteiger partial charge in [-0.15, -0.1) is 11.3 Å². The fraction of sp³-hybridized carbons (Fsp3) is 0.609. The van der Waals surface area contributed by atoms with Crippen LogP contribution in [0, 0.1) is 19.8 Å². The van der Waals surface area contributed by atoms with Gasteiger partial charge in [0.25, 0.3) is 0 Å². The number of aryl methyl sites for hydroxylation is 2. The van der Waals surface area contributed by atoms with Crippen molar-refractivity contribution in [2.24, 2.45) is 5.92 Å². The van der Waals surface area contributed by atoms with Crippen molar-refractivity contribution in [3.05, 3.63) is 22.7 Å². The van der Waals surface area contributed by atoms with Crippen LogP contribution in [0.25, 0.3) is 0 Å². The lowest BCUT2D eigenvalue weighted by atomic mass is 9.86. The van der Waals surface area contributed by atoms with E-state index in [2.05, 4.69) is 22.1 Å². The second-order valence-corrected chi connectivity index (χ2v) is 11.0. The number of fused-ring (bicyclic) bond motifs is 4. The molecule has 184 valence electrons. The van der Waals surface area contributed by atoms with E-state index in [-0.39, 0.29) is 19.0 Å². The Morgan fingerprint density at radius 3 is 2.65 bits per heavy atom. The maximum absolute atomic E-state index is 13.6. The van der Waals surface area contributed by atoms with Gasteiger partial charge in [-0.05, 0) is 58.6 Å². The summed E-state index contributed by atoms with van der Waals surface area (Å²) in [7, 11) is 0. The summed E-state index contributed by atoms with van der Waals surface area (Å²) >= 11 is 1.42. The van der Waals surface area contributed by atoms with Crippen molar-refractivity contribution in [1.29, 1.82) is 0 Å². The number of alkyl halides is 3. The molecule has 2 fully saturated rings. The molecule has 0 spiro atoms. The Morgan fingerprint density at radius 2 is 1.94 bits per heavy atom. The molecule has 0 aliphatic carbocycles. The predicted octanol–water partition coefficient (Wildman–Crippen LogP) is 5.34. The Labute approximate surface area is 201 Å². The highest BCUT2D eigenvalue weighted by Crippen LogP contribution is 2.45. The lowest BCUT2D eigenvalue weighted by molar-refractivity contribution is -0.176. The summed E-state index contributed by atoms with van der Waals surface area (Å²) in [5.74, 6) is -0.380. The van der Waals surface area contributed by atoms with Gasteiger partial charge in [0.15, 0.2) is 10.9 Å². The molecule has 1 unspecified atom stereocenters. The molecule has 1 N–H and O–H groups in total. The molecule has 0 saturated carbocycles. The van der Waals surface area contributed by atoms with Crippen LogP contribution in [0.15, 0.2) is 12.1 Å². The fourth-order valence-corrected chi connectivity index (χ4v) is 6.15. The predicted molar refractivity (Wildman–Crippen MR) is 128 cm³/mol. The first-order valence-corrected chi connectivity index (χ1v) is 12.5. The van der Waals surface area contributed by atoms with Crippen molar-refractivity contribution in [2.75, 3.05) is 46.2 Å². The molecule has 2 aromatic heterocycles. The van der Waals surface area contributed by atoms with Crippen LogP contribution in [-0.4, -0.2) is 53.9 Å². The zero-order chi connectivity index (χ0) is 24.3. The second-order valence-electron chi connectivity index (χ2n) is 9.79. The number of carbonyl (C=O) groups is 1. The van der Waals surface area contributed by atoms with Gasteiger partial charge in [0, 0.05) is 31.1 Å². The van der Waals surface area contributed by atoms with Crippen molar-refractivity contribution in [1.82, 2.24) is 9.97 Å². The average molecular weight is 495 g/mol. The highest BCUT2D eigenvalue weighted by atomic mass is 32.1. The average Bonchev–Trinajstić information content (AvgIpc) is 3.09. The van der Waals surface area contributed by atoms with E-state index in [1.165, 1.54) is 11.3 Å². The summed E-state index contributed by atoms with van der Waals surface area (Å²) in [5.41, 5.74) is 1.24. The smallest absolute Gasteiger partial charge is 0.366 e. The van der Waals surface area contributed by atoms with Gasteiger partial charge < -0.3 is 9.80 Å². The monoisotopic (exact) mass is 494 g/mol. The number of anilines is 4. The second kappa shape index (κ2) is 8.28. The minimum absolute atomic E-state index is 0.111. The molecule has 5 heterocycles. The molecule has 5 rings (SSSR count). The van der Waals surface area contributed by atoms with Crippen molar-refractivity contribution < 1.29 is 18.0 Å². The Morgan fingerprint density at radius 1 is 1.18 bits per heavy atom. The number of urea groups is 1. The SMILES string of the molecule is Cc1nc(NC(=O)N2c3nc(N4CCCC(C(F)(F)F)C4)ccc3N3CCC[C@@]2(C)C3)sc1C. The van der Waals surface area contributed by atoms with E-state index in [1.54, 1.807) is 15.9 Å². The Bertz CT molecular complexity index is 1090. The number of nitrogens with one attached hydrogen (secondary N) is 1. The third-order valence-electron chi connectivity index (χ3n) is 7.26. The van der Waals surface area contributed by atoms with Crippen LogP contribution in [0.3, 0.4) is 0 Å². The summed E-state index contributed by atoms with van der Waals surface area (Å²) in [6, 6.07) is 3.38. The van der Waals surface area contributed by atoms with Gasteiger partial charge in [0.2, 0.25) is 0 Å². The van der Waals surface area contributed by atoms with Crippen LogP contribution in [0.4, 0.5) is 40.4 Å². The number of nitrogens with zero attached hydrogens (tertiary/aromatic N) is 5. The molecule has 2 aromatic rings. The van der Waals surface area contributed by atoms with E-state index in [0.717, 1.165) is 35.6 Å². The zero-order valence-electron chi connectivity index (χ0n) is 19.6. The number of hydrogen-bond donors (Lipinski definition) is 1. The molecule has 11 heteroatoms. The maximum Gasteiger partial charge on any atom is 0.393 e.